The van der Waals surface area contributed by atoms with Crippen molar-refractivity contribution < 1.29 is 4.74 Å². The molecule has 2 heterocycles. The number of benzene rings is 2. The van der Waals surface area contributed by atoms with Crippen LogP contribution in [0, 0.1) is 11.8 Å². The van der Waals surface area contributed by atoms with Crippen LogP contribution in [0.1, 0.15) is 42.5 Å². The van der Waals surface area contributed by atoms with Crippen LogP contribution in [0.15, 0.2) is 72.9 Å². The van der Waals surface area contributed by atoms with Crippen molar-refractivity contribution in [2.45, 2.75) is 44.2 Å². The molecular formula is C30H34N6O. The lowest BCUT2D eigenvalue weighted by Gasteiger charge is -2.39. The zero-order valence-corrected chi connectivity index (χ0v) is 21.6. The summed E-state index contributed by atoms with van der Waals surface area (Å²) >= 11 is 0. The first-order chi connectivity index (χ1) is 18.1. The summed E-state index contributed by atoms with van der Waals surface area (Å²) in [6.45, 7) is 2.13. The first-order valence-electron chi connectivity index (χ1n) is 13.3. The van der Waals surface area contributed by atoms with Gasteiger partial charge in [0.25, 0.3) is 0 Å². The lowest BCUT2D eigenvalue weighted by atomic mass is 9.64. The minimum Gasteiger partial charge on any atom is -0.487 e. The molecule has 2 aromatic carbocycles. The van der Waals surface area contributed by atoms with Gasteiger partial charge in [-0.2, -0.15) is 0 Å². The fourth-order valence-electron chi connectivity index (χ4n) is 6.47. The van der Waals surface area contributed by atoms with E-state index >= 15 is 0 Å². The van der Waals surface area contributed by atoms with Crippen molar-refractivity contribution >= 4 is 0 Å². The van der Waals surface area contributed by atoms with Crippen LogP contribution in [-0.2, 0) is 18.6 Å². The van der Waals surface area contributed by atoms with Crippen molar-refractivity contribution in [1.82, 2.24) is 30.1 Å². The highest BCUT2D eigenvalue weighted by atomic mass is 16.5. The minimum atomic E-state index is 0.0534. The van der Waals surface area contributed by atoms with Crippen LogP contribution in [0.25, 0.3) is 11.4 Å². The summed E-state index contributed by atoms with van der Waals surface area (Å²) < 4.78 is 7.92. The van der Waals surface area contributed by atoms with E-state index in [1.807, 2.05) is 22.9 Å². The minimum absolute atomic E-state index is 0.0534. The van der Waals surface area contributed by atoms with E-state index in [2.05, 4.69) is 88.0 Å². The number of fused-ring (bicyclic) bond motifs is 2. The van der Waals surface area contributed by atoms with Crippen molar-refractivity contribution in [3.8, 4) is 17.1 Å². The zero-order valence-electron chi connectivity index (χ0n) is 21.6. The zero-order chi connectivity index (χ0) is 25.2. The molecule has 2 aliphatic carbocycles. The Morgan fingerprint density at radius 2 is 1.76 bits per heavy atom. The molecule has 2 aromatic heterocycles. The molecule has 7 heteroatoms. The maximum absolute atomic E-state index is 6.03. The van der Waals surface area contributed by atoms with Crippen LogP contribution in [0.3, 0.4) is 0 Å². The Hall–Kier alpha value is -3.58. The van der Waals surface area contributed by atoms with E-state index in [0.717, 1.165) is 41.8 Å². The number of likely N-dealkylation sites (N-methyl/N-ethyl adjacent to an activating group) is 1. The lowest BCUT2D eigenvalue weighted by molar-refractivity contribution is 0.299. The largest absolute Gasteiger partial charge is 0.487 e. The molecule has 2 bridgehead atoms. The van der Waals surface area contributed by atoms with Crippen LogP contribution in [-0.4, -0.2) is 50.7 Å². The second kappa shape index (κ2) is 10.1. The van der Waals surface area contributed by atoms with Crippen molar-refractivity contribution in [2.75, 3.05) is 20.6 Å². The van der Waals surface area contributed by atoms with Crippen LogP contribution in [0.2, 0.25) is 0 Å². The number of hydrogen-bond acceptors (Lipinski definition) is 6. The fourth-order valence-corrected chi connectivity index (χ4v) is 6.47. The molecule has 0 amide bonds. The number of pyridine rings is 1. The Morgan fingerprint density at radius 1 is 0.973 bits per heavy atom. The van der Waals surface area contributed by atoms with Crippen LogP contribution >= 0.6 is 0 Å². The predicted molar refractivity (Wildman–Crippen MR) is 143 cm³/mol. The van der Waals surface area contributed by atoms with Crippen molar-refractivity contribution in [3.05, 3.63) is 89.7 Å². The molecule has 0 aliphatic heterocycles. The predicted octanol–water partition coefficient (Wildman–Crippen LogP) is 4.98. The van der Waals surface area contributed by atoms with Gasteiger partial charge in [-0.3, -0.25) is 4.98 Å². The average molecular weight is 495 g/mol. The standard InChI is InChI=1S/C30H34N6O/c1-35(2)17-18-36-29(32-33-34-36)23-7-10-24(11-8-23)30(20-22-6-9-26(30)19-22)25-12-14-28(15-13-25)37-21-27-5-3-4-16-31-27/h3-5,7-8,10-16,22,26H,6,9,17-21H2,1-2H3/t22?,26-,30+/m1/s1. The third kappa shape index (κ3) is 4.64. The van der Waals surface area contributed by atoms with E-state index < -0.39 is 0 Å². The fraction of sp³-hybridized carbons (Fsp3) is 0.400. The van der Waals surface area contributed by atoms with E-state index in [0.29, 0.717) is 12.5 Å². The molecule has 2 saturated carbocycles. The van der Waals surface area contributed by atoms with E-state index in [1.54, 1.807) is 6.20 Å². The smallest absolute Gasteiger partial charge is 0.182 e. The van der Waals surface area contributed by atoms with E-state index in [-0.39, 0.29) is 5.41 Å². The molecule has 4 aromatic rings. The summed E-state index contributed by atoms with van der Waals surface area (Å²) in [6.07, 6.45) is 6.99. The van der Waals surface area contributed by atoms with Crippen LogP contribution in [0.5, 0.6) is 5.75 Å². The molecule has 3 atom stereocenters. The normalized spacial score (nSPS) is 22.6. The highest BCUT2D eigenvalue weighted by molar-refractivity contribution is 5.57. The second-order valence-corrected chi connectivity index (χ2v) is 10.8. The molecule has 0 N–H and O–H groups in total. The van der Waals surface area contributed by atoms with Gasteiger partial charge in [-0.15, -0.1) is 5.10 Å². The van der Waals surface area contributed by atoms with Gasteiger partial charge in [-0.25, -0.2) is 4.68 Å². The van der Waals surface area contributed by atoms with E-state index in [4.69, 9.17) is 4.74 Å². The molecule has 2 fully saturated rings. The van der Waals surface area contributed by atoms with Crippen molar-refractivity contribution in [1.29, 1.82) is 0 Å². The van der Waals surface area contributed by atoms with Gasteiger partial charge < -0.3 is 9.64 Å². The molecule has 190 valence electrons. The Kier molecular flexibility index (Phi) is 6.47. The quantitative estimate of drug-likeness (QED) is 0.327. The molecule has 37 heavy (non-hydrogen) atoms. The van der Waals surface area contributed by atoms with E-state index in [9.17, 15) is 0 Å². The molecule has 0 saturated heterocycles. The highest BCUT2D eigenvalue weighted by Gasteiger charge is 2.52. The topological polar surface area (TPSA) is 69.0 Å². The molecule has 1 unspecified atom stereocenters. The van der Waals surface area contributed by atoms with Gasteiger partial charge in [0.2, 0.25) is 0 Å². The summed E-state index contributed by atoms with van der Waals surface area (Å²) in [5.74, 6) is 3.19. The van der Waals surface area contributed by atoms with Gasteiger partial charge in [0.1, 0.15) is 12.4 Å². The second-order valence-electron chi connectivity index (χ2n) is 10.8. The highest BCUT2D eigenvalue weighted by Crippen LogP contribution is 2.60. The van der Waals surface area contributed by atoms with Gasteiger partial charge >= 0.3 is 0 Å². The Balaban J connectivity index is 1.26. The third-order valence-corrected chi connectivity index (χ3v) is 8.28. The van der Waals surface area contributed by atoms with Gasteiger partial charge in [-0.1, -0.05) is 48.9 Å². The molecule has 0 radical (unpaired) electrons. The average Bonchev–Trinajstić information content (AvgIpc) is 3.69. The summed E-state index contributed by atoms with van der Waals surface area (Å²) in [5, 5.41) is 12.5. The maximum atomic E-state index is 6.03. The summed E-state index contributed by atoms with van der Waals surface area (Å²) in [7, 11) is 4.12. The summed E-state index contributed by atoms with van der Waals surface area (Å²) in [6, 6.07) is 23.7. The molecule has 2 aliphatic rings. The van der Waals surface area contributed by atoms with Crippen LogP contribution in [0.4, 0.5) is 0 Å². The Morgan fingerprint density at radius 3 is 2.41 bits per heavy atom. The molecule has 0 spiro atoms. The number of rotatable bonds is 9. The number of nitrogens with zero attached hydrogens (tertiary/aromatic N) is 6. The molecule has 7 nitrogen and oxygen atoms in total. The monoisotopic (exact) mass is 494 g/mol. The number of aromatic nitrogens is 5. The number of ether oxygens (including phenoxy) is 1. The molecular weight excluding hydrogens is 460 g/mol. The maximum Gasteiger partial charge on any atom is 0.182 e. The van der Waals surface area contributed by atoms with Crippen molar-refractivity contribution in [3.63, 3.8) is 0 Å². The van der Waals surface area contributed by atoms with Gasteiger partial charge in [0.15, 0.2) is 5.82 Å². The summed E-state index contributed by atoms with van der Waals surface area (Å²) in [5.41, 5.74) is 4.84. The van der Waals surface area contributed by atoms with Crippen molar-refractivity contribution in [2.24, 2.45) is 11.8 Å². The van der Waals surface area contributed by atoms with Gasteiger partial charge in [-0.05, 0) is 91.0 Å². The summed E-state index contributed by atoms with van der Waals surface area (Å²) in [4.78, 5) is 6.50. The van der Waals surface area contributed by atoms with E-state index in [1.165, 1.54) is 36.8 Å². The first kappa shape index (κ1) is 23.8. The van der Waals surface area contributed by atoms with Gasteiger partial charge in [0, 0.05) is 23.7 Å². The Labute approximate surface area is 218 Å². The lowest BCUT2D eigenvalue weighted by Crippen LogP contribution is -2.34. The van der Waals surface area contributed by atoms with Gasteiger partial charge in [0.05, 0.1) is 12.2 Å². The Bertz CT molecular complexity index is 1320. The SMILES string of the molecule is CN(C)CCn1nnnc1-c1ccc([C@]2(c3ccc(OCc4ccccn4)cc3)CC3CC[C@@H]2C3)cc1. The molecule has 6 rings (SSSR count). The van der Waals surface area contributed by atoms with Crippen LogP contribution < -0.4 is 4.74 Å². The number of tetrazole rings is 1. The third-order valence-electron chi connectivity index (χ3n) is 8.28. The number of hydrogen-bond donors (Lipinski definition) is 0. The first-order valence-corrected chi connectivity index (χ1v) is 13.3.